The van der Waals surface area contributed by atoms with Crippen LogP contribution in [0, 0.1) is 0 Å². The molecular weight excluding hydrogens is 268 g/mol. The van der Waals surface area contributed by atoms with Gasteiger partial charge in [-0.15, -0.1) is 0 Å². The molecule has 1 saturated heterocycles. The number of hydrogen-bond donors (Lipinski definition) is 2. The van der Waals surface area contributed by atoms with Gasteiger partial charge in [0.1, 0.15) is 0 Å². The lowest BCUT2D eigenvalue weighted by Crippen LogP contribution is -2.49. The molecule has 2 rings (SSSR count). The van der Waals surface area contributed by atoms with Gasteiger partial charge in [0.15, 0.2) is 0 Å². The number of piperidine rings is 1. The van der Waals surface area contributed by atoms with E-state index in [0.717, 1.165) is 51.6 Å². The molecule has 0 radical (unpaired) electrons. The number of rotatable bonds is 4. The Bertz CT molecular complexity index is 319. The van der Waals surface area contributed by atoms with Crippen molar-refractivity contribution in [1.29, 1.82) is 0 Å². The van der Waals surface area contributed by atoms with E-state index < -0.39 is 5.60 Å². The van der Waals surface area contributed by atoms with Crippen LogP contribution in [0.5, 0.6) is 0 Å². The molecule has 1 aliphatic heterocycles. The molecule has 0 spiro atoms. The summed E-state index contributed by atoms with van der Waals surface area (Å²) in [5.74, 6) is 0. The summed E-state index contributed by atoms with van der Waals surface area (Å²) in [4.78, 5) is 13.4. The molecule has 2 aliphatic rings. The van der Waals surface area contributed by atoms with E-state index in [4.69, 9.17) is 4.74 Å². The van der Waals surface area contributed by atoms with Crippen molar-refractivity contribution in [2.75, 3.05) is 26.2 Å². The highest BCUT2D eigenvalue weighted by atomic mass is 16.6. The number of ether oxygens (including phenoxy) is 1. The number of carbonyl (C=O) groups is 1. The Morgan fingerprint density at radius 3 is 2.43 bits per heavy atom. The number of aliphatic hydroxyl groups is 1. The maximum atomic E-state index is 11.6. The number of nitrogens with one attached hydrogen (secondary N) is 1. The Morgan fingerprint density at radius 2 is 1.86 bits per heavy atom. The van der Waals surface area contributed by atoms with E-state index in [1.54, 1.807) is 4.90 Å². The first-order valence-electron chi connectivity index (χ1n) is 8.50. The van der Waals surface area contributed by atoms with Gasteiger partial charge in [0, 0.05) is 25.7 Å². The second-order valence-electron chi connectivity index (χ2n) is 6.48. The average molecular weight is 298 g/mol. The van der Waals surface area contributed by atoms with E-state index in [1.165, 1.54) is 12.8 Å². The van der Waals surface area contributed by atoms with Crippen molar-refractivity contribution >= 4 is 6.09 Å². The van der Waals surface area contributed by atoms with Crippen LogP contribution in [0.2, 0.25) is 0 Å². The van der Waals surface area contributed by atoms with E-state index in [-0.39, 0.29) is 6.09 Å². The fourth-order valence-corrected chi connectivity index (χ4v) is 3.38. The molecule has 1 heterocycles. The molecule has 2 N–H and O–H groups in total. The first-order valence-corrected chi connectivity index (χ1v) is 8.50. The van der Waals surface area contributed by atoms with Gasteiger partial charge in [-0.25, -0.2) is 4.79 Å². The molecule has 1 saturated carbocycles. The van der Waals surface area contributed by atoms with Crippen LogP contribution in [0.15, 0.2) is 0 Å². The average Bonchev–Trinajstić information content (AvgIpc) is 2.71. The highest BCUT2D eigenvalue weighted by Crippen LogP contribution is 2.26. The summed E-state index contributed by atoms with van der Waals surface area (Å²) in [6, 6.07) is 0.406. The molecule has 0 aromatic carbocycles. The van der Waals surface area contributed by atoms with Gasteiger partial charge in [0.25, 0.3) is 0 Å². The van der Waals surface area contributed by atoms with Gasteiger partial charge in [-0.1, -0.05) is 25.7 Å². The zero-order valence-electron chi connectivity index (χ0n) is 13.3. The van der Waals surface area contributed by atoms with Gasteiger partial charge >= 0.3 is 6.09 Å². The van der Waals surface area contributed by atoms with Crippen molar-refractivity contribution in [3.8, 4) is 0 Å². The van der Waals surface area contributed by atoms with Crippen LogP contribution < -0.4 is 5.32 Å². The predicted molar refractivity (Wildman–Crippen MR) is 82.3 cm³/mol. The van der Waals surface area contributed by atoms with E-state index in [0.29, 0.717) is 19.2 Å². The van der Waals surface area contributed by atoms with Crippen molar-refractivity contribution in [2.24, 2.45) is 0 Å². The molecule has 0 unspecified atom stereocenters. The zero-order valence-corrected chi connectivity index (χ0v) is 13.3. The quantitative estimate of drug-likeness (QED) is 0.782. The first kappa shape index (κ1) is 16.6. The molecule has 5 heteroatoms. The molecule has 0 aromatic rings. The summed E-state index contributed by atoms with van der Waals surface area (Å²) in [5.41, 5.74) is -0.519. The molecule has 2 fully saturated rings. The normalized spacial score (nSPS) is 23.6. The lowest BCUT2D eigenvalue weighted by molar-refractivity contribution is 0.0199. The summed E-state index contributed by atoms with van der Waals surface area (Å²) in [6.07, 6.45) is 8.30. The maximum absolute atomic E-state index is 11.6. The summed E-state index contributed by atoms with van der Waals surface area (Å²) in [7, 11) is 0. The van der Waals surface area contributed by atoms with Crippen LogP contribution in [-0.2, 0) is 4.74 Å². The largest absolute Gasteiger partial charge is 0.450 e. The molecule has 0 aromatic heterocycles. The fourth-order valence-electron chi connectivity index (χ4n) is 3.38. The smallest absolute Gasteiger partial charge is 0.409 e. The van der Waals surface area contributed by atoms with Gasteiger partial charge in [-0.2, -0.15) is 0 Å². The van der Waals surface area contributed by atoms with E-state index in [1.807, 2.05) is 6.92 Å². The Balaban J connectivity index is 1.69. The zero-order chi connectivity index (χ0) is 15.1. The Kier molecular flexibility index (Phi) is 6.30. The van der Waals surface area contributed by atoms with Gasteiger partial charge in [0.05, 0.1) is 12.2 Å². The van der Waals surface area contributed by atoms with Gasteiger partial charge in [0.2, 0.25) is 0 Å². The van der Waals surface area contributed by atoms with Crippen LogP contribution in [0.25, 0.3) is 0 Å². The van der Waals surface area contributed by atoms with Gasteiger partial charge in [-0.05, 0) is 32.6 Å². The lowest BCUT2D eigenvalue weighted by Gasteiger charge is -2.34. The lowest BCUT2D eigenvalue weighted by atomic mass is 9.93. The Labute approximate surface area is 128 Å². The second-order valence-corrected chi connectivity index (χ2v) is 6.48. The van der Waals surface area contributed by atoms with Crippen molar-refractivity contribution in [2.45, 2.75) is 69.9 Å². The van der Waals surface area contributed by atoms with Crippen LogP contribution in [-0.4, -0.2) is 54.0 Å². The fraction of sp³-hybridized carbons (Fsp3) is 0.938. The molecule has 0 atom stereocenters. The van der Waals surface area contributed by atoms with Crippen molar-refractivity contribution in [1.82, 2.24) is 10.2 Å². The van der Waals surface area contributed by atoms with Crippen LogP contribution >= 0.6 is 0 Å². The van der Waals surface area contributed by atoms with Gasteiger partial charge < -0.3 is 20.1 Å². The highest BCUT2D eigenvalue weighted by Gasteiger charge is 2.30. The van der Waals surface area contributed by atoms with Gasteiger partial charge in [-0.3, -0.25) is 0 Å². The standard InChI is InChI=1S/C16H30N2O3/c1-2-21-15(19)18-11-7-14(8-12-18)17-13-16(20)9-5-3-4-6-10-16/h14,17,20H,2-13H2,1H3. The van der Waals surface area contributed by atoms with Crippen molar-refractivity contribution in [3.05, 3.63) is 0 Å². The highest BCUT2D eigenvalue weighted by molar-refractivity contribution is 5.67. The molecule has 5 nitrogen and oxygen atoms in total. The minimum Gasteiger partial charge on any atom is -0.450 e. The topological polar surface area (TPSA) is 61.8 Å². The summed E-state index contributed by atoms with van der Waals surface area (Å²) in [5, 5.41) is 14.2. The summed E-state index contributed by atoms with van der Waals surface area (Å²) in [6.45, 7) is 4.45. The number of amides is 1. The van der Waals surface area contributed by atoms with Crippen LogP contribution in [0.3, 0.4) is 0 Å². The molecule has 0 bridgehead atoms. The van der Waals surface area contributed by atoms with E-state index >= 15 is 0 Å². The minimum absolute atomic E-state index is 0.196. The van der Waals surface area contributed by atoms with E-state index in [9.17, 15) is 9.90 Å². The molecule has 21 heavy (non-hydrogen) atoms. The Morgan fingerprint density at radius 1 is 1.24 bits per heavy atom. The molecule has 122 valence electrons. The SMILES string of the molecule is CCOC(=O)N1CCC(NCC2(O)CCCCCC2)CC1. The molecular formula is C16H30N2O3. The molecule has 1 aliphatic carbocycles. The monoisotopic (exact) mass is 298 g/mol. The minimum atomic E-state index is -0.519. The third-order valence-corrected chi connectivity index (χ3v) is 4.78. The maximum Gasteiger partial charge on any atom is 0.409 e. The number of hydrogen-bond acceptors (Lipinski definition) is 4. The first-order chi connectivity index (χ1) is 10.1. The van der Waals surface area contributed by atoms with Crippen LogP contribution in [0.1, 0.15) is 58.3 Å². The van der Waals surface area contributed by atoms with E-state index in [2.05, 4.69) is 5.32 Å². The third-order valence-electron chi connectivity index (χ3n) is 4.78. The number of nitrogens with zero attached hydrogens (tertiary/aromatic N) is 1. The Hall–Kier alpha value is -0.810. The van der Waals surface area contributed by atoms with Crippen molar-refractivity contribution in [3.63, 3.8) is 0 Å². The third kappa shape index (κ3) is 5.15. The number of likely N-dealkylation sites (tertiary alicyclic amines) is 1. The molecule has 1 amide bonds. The van der Waals surface area contributed by atoms with Crippen molar-refractivity contribution < 1.29 is 14.6 Å². The van der Waals surface area contributed by atoms with Crippen LogP contribution in [0.4, 0.5) is 4.79 Å². The summed E-state index contributed by atoms with van der Waals surface area (Å²) < 4.78 is 5.03. The second kappa shape index (κ2) is 7.99. The predicted octanol–water partition coefficient (Wildman–Crippen LogP) is 2.28. The number of carbonyl (C=O) groups excluding carboxylic acids is 1. The summed E-state index contributed by atoms with van der Waals surface area (Å²) >= 11 is 0.